The number of ketones is 1. The van der Waals surface area contributed by atoms with E-state index in [1.165, 1.54) is 12.1 Å². The molecule has 0 amide bonds. The Morgan fingerprint density at radius 2 is 1.97 bits per heavy atom. The lowest BCUT2D eigenvalue weighted by Gasteiger charge is -2.21. The van der Waals surface area contributed by atoms with Crippen molar-refractivity contribution in [1.29, 1.82) is 0 Å². The van der Waals surface area contributed by atoms with Crippen molar-refractivity contribution in [3.63, 3.8) is 0 Å². The first-order valence-corrected chi connectivity index (χ1v) is 9.74. The maximum atomic E-state index is 12.9. The fraction of sp³-hybridized carbons (Fsp3) is 0.455. The number of pyridine rings is 1. The Labute approximate surface area is 169 Å². The molecule has 0 unspecified atom stereocenters. The third-order valence-electron chi connectivity index (χ3n) is 4.74. The molecule has 1 aromatic carbocycles. The molecule has 7 heteroatoms. The summed E-state index contributed by atoms with van der Waals surface area (Å²) in [5.41, 5.74) is 1.22. The first-order chi connectivity index (χ1) is 13.9. The summed E-state index contributed by atoms with van der Waals surface area (Å²) in [5, 5.41) is 0. The Hall–Kier alpha value is -2.54. The predicted octanol–water partition coefficient (Wildman–Crippen LogP) is 5.04. The topological polar surface area (TPSA) is 57.7 Å². The molecule has 0 radical (unpaired) electrons. The van der Waals surface area contributed by atoms with Crippen LogP contribution in [0.1, 0.15) is 48.7 Å². The zero-order valence-electron chi connectivity index (χ0n) is 16.4. The molecule has 3 rings (SSSR count). The second kappa shape index (κ2) is 9.78. The van der Waals surface area contributed by atoms with E-state index in [-0.39, 0.29) is 18.1 Å². The highest BCUT2D eigenvalue weighted by Crippen LogP contribution is 2.25. The SMILES string of the molecule is CC(F)(F)Oc1cccc(OCc2ccc(C(=O)CCC3CCOCC3)nc2)c1. The van der Waals surface area contributed by atoms with Crippen LogP contribution in [0.2, 0.25) is 0 Å². The number of rotatable bonds is 9. The molecule has 1 aliphatic heterocycles. The average Bonchev–Trinajstić information content (AvgIpc) is 2.71. The number of aromatic nitrogens is 1. The summed E-state index contributed by atoms with van der Waals surface area (Å²) in [4.78, 5) is 16.6. The van der Waals surface area contributed by atoms with E-state index in [1.807, 2.05) is 0 Å². The van der Waals surface area contributed by atoms with Crippen LogP contribution in [0.25, 0.3) is 0 Å². The highest BCUT2D eigenvalue weighted by Gasteiger charge is 2.23. The van der Waals surface area contributed by atoms with Gasteiger partial charge in [-0.2, -0.15) is 8.78 Å². The molecule has 1 aliphatic rings. The number of alkyl halides is 2. The van der Waals surface area contributed by atoms with Gasteiger partial charge in [-0.25, -0.2) is 0 Å². The van der Waals surface area contributed by atoms with Crippen molar-refractivity contribution in [3.8, 4) is 11.5 Å². The fourth-order valence-corrected chi connectivity index (χ4v) is 3.17. The first-order valence-electron chi connectivity index (χ1n) is 9.74. The summed E-state index contributed by atoms with van der Waals surface area (Å²) in [7, 11) is 0. The predicted molar refractivity (Wildman–Crippen MR) is 103 cm³/mol. The number of nitrogens with zero attached hydrogens (tertiary/aromatic N) is 1. The Balaban J connectivity index is 1.49. The Kier molecular flexibility index (Phi) is 7.14. The number of hydrogen-bond donors (Lipinski definition) is 0. The third-order valence-corrected chi connectivity index (χ3v) is 4.74. The third kappa shape index (κ3) is 7.09. The van der Waals surface area contributed by atoms with Gasteiger partial charge in [0, 0.05) is 44.4 Å². The van der Waals surface area contributed by atoms with Gasteiger partial charge in [-0.1, -0.05) is 12.1 Å². The van der Waals surface area contributed by atoms with Crippen LogP contribution in [0.4, 0.5) is 8.78 Å². The number of hydrogen-bond acceptors (Lipinski definition) is 5. The molecule has 5 nitrogen and oxygen atoms in total. The van der Waals surface area contributed by atoms with Crippen LogP contribution in [0.5, 0.6) is 11.5 Å². The molecule has 2 aromatic rings. The van der Waals surface area contributed by atoms with Crippen molar-refractivity contribution in [2.75, 3.05) is 13.2 Å². The Morgan fingerprint density at radius 1 is 1.21 bits per heavy atom. The quantitative estimate of drug-likeness (QED) is 0.547. The van der Waals surface area contributed by atoms with Crippen LogP contribution in [0.15, 0.2) is 42.6 Å². The van der Waals surface area contributed by atoms with E-state index < -0.39 is 6.11 Å². The lowest BCUT2D eigenvalue weighted by atomic mass is 9.93. The van der Waals surface area contributed by atoms with Crippen LogP contribution >= 0.6 is 0 Å². The van der Waals surface area contributed by atoms with Crippen LogP contribution in [-0.4, -0.2) is 30.1 Å². The second-order valence-electron chi connectivity index (χ2n) is 7.24. The van der Waals surface area contributed by atoms with Gasteiger partial charge in [0.15, 0.2) is 5.78 Å². The number of halogens is 2. The van der Waals surface area contributed by atoms with E-state index in [1.54, 1.807) is 30.5 Å². The van der Waals surface area contributed by atoms with Crippen molar-refractivity contribution in [2.45, 2.75) is 45.3 Å². The standard InChI is InChI=1S/C22H25F2NO4/c1-22(23,24)29-19-4-2-3-18(13-19)28-15-17-5-7-20(25-14-17)21(26)8-6-16-9-11-27-12-10-16/h2-5,7,13-14,16H,6,8-12,15H2,1H3. The van der Waals surface area contributed by atoms with E-state index in [4.69, 9.17) is 9.47 Å². The minimum absolute atomic E-state index is 0.0265. The number of Topliss-reactive ketones (excluding diaryl/α,β-unsaturated/α-hetero) is 1. The van der Waals surface area contributed by atoms with E-state index in [2.05, 4.69) is 9.72 Å². The molecule has 0 atom stereocenters. The molecule has 29 heavy (non-hydrogen) atoms. The smallest absolute Gasteiger partial charge is 0.394 e. The molecule has 1 aromatic heterocycles. The van der Waals surface area contributed by atoms with Gasteiger partial charge in [0.1, 0.15) is 23.8 Å². The Bertz CT molecular complexity index is 799. The van der Waals surface area contributed by atoms with Crippen LogP contribution in [0, 0.1) is 5.92 Å². The van der Waals surface area contributed by atoms with Gasteiger partial charge in [-0.05, 0) is 43.4 Å². The van der Waals surface area contributed by atoms with Crippen molar-refractivity contribution in [3.05, 3.63) is 53.9 Å². The molecule has 0 spiro atoms. The molecular formula is C22H25F2NO4. The van der Waals surface area contributed by atoms with Crippen LogP contribution in [-0.2, 0) is 11.3 Å². The second-order valence-corrected chi connectivity index (χ2v) is 7.24. The molecule has 1 saturated heterocycles. The van der Waals surface area contributed by atoms with Crippen LogP contribution in [0.3, 0.4) is 0 Å². The molecule has 156 valence electrons. The zero-order chi connectivity index (χ0) is 20.7. The van der Waals surface area contributed by atoms with Gasteiger partial charge in [0.2, 0.25) is 0 Å². The molecular weight excluding hydrogens is 380 g/mol. The van der Waals surface area contributed by atoms with Gasteiger partial charge in [0.05, 0.1) is 0 Å². The van der Waals surface area contributed by atoms with E-state index >= 15 is 0 Å². The number of carbonyl (C=O) groups is 1. The Morgan fingerprint density at radius 3 is 2.66 bits per heavy atom. The molecule has 0 saturated carbocycles. The van der Waals surface area contributed by atoms with E-state index in [9.17, 15) is 13.6 Å². The summed E-state index contributed by atoms with van der Waals surface area (Å²) >= 11 is 0. The molecule has 1 fully saturated rings. The van der Waals surface area contributed by atoms with Crippen LogP contribution < -0.4 is 9.47 Å². The van der Waals surface area contributed by atoms with Crippen molar-refractivity contribution >= 4 is 5.78 Å². The van der Waals surface area contributed by atoms with E-state index in [0.717, 1.165) is 38.0 Å². The maximum Gasteiger partial charge on any atom is 0.394 e. The highest BCUT2D eigenvalue weighted by molar-refractivity contribution is 5.94. The average molecular weight is 405 g/mol. The molecule has 0 aliphatic carbocycles. The fourth-order valence-electron chi connectivity index (χ4n) is 3.17. The monoisotopic (exact) mass is 405 g/mol. The normalized spacial score (nSPS) is 15.1. The lowest BCUT2D eigenvalue weighted by molar-refractivity contribution is -0.159. The van der Waals surface area contributed by atoms with Gasteiger partial charge in [0.25, 0.3) is 0 Å². The van der Waals surface area contributed by atoms with Gasteiger partial charge in [-0.3, -0.25) is 9.78 Å². The number of carbonyl (C=O) groups excluding carboxylic acids is 1. The number of benzene rings is 1. The first kappa shape index (κ1) is 21.2. The summed E-state index contributed by atoms with van der Waals surface area (Å²) in [6.45, 7) is 2.44. The zero-order valence-corrected chi connectivity index (χ0v) is 16.4. The summed E-state index contributed by atoms with van der Waals surface area (Å²) < 4.78 is 41.4. The highest BCUT2D eigenvalue weighted by atomic mass is 19.3. The van der Waals surface area contributed by atoms with Crippen molar-refractivity contribution in [1.82, 2.24) is 4.98 Å². The molecule has 2 heterocycles. The van der Waals surface area contributed by atoms with Gasteiger partial charge < -0.3 is 14.2 Å². The van der Waals surface area contributed by atoms with Crippen molar-refractivity contribution < 1.29 is 27.8 Å². The van der Waals surface area contributed by atoms with Gasteiger partial charge in [-0.15, -0.1) is 0 Å². The number of ether oxygens (including phenoxy) is 3. The largest absolute Gasteiger partial charge is 0.489 e. The van der Waals surface area contributed by atoms with Gasteiger partial charge >= 0.3 is 6.11 Å². The minimum atomic E-state index is -3.25. The minimum Gasteiger partial charge on any atom is -0.489 e. The summed E-state index contributed by atoms with van der Waals surface area (Å²) in [6.07, 6.45) is 1.72. The summed E-state index contributed by atoms with van der Waals surface area (Å²) in [5.74, 6) is 1.02. The lowest BCUT2D eigenvalue weighted by Crippen LogP contribution is -2.19. The maximum absolute atomic E-state index is 12.9. The molecule has 0 N–H and O–H groups in total. The van der Waals surface area contributed by atoms with Crippen molar-refractivity contribution in [2.24, 2.45) is 5.92 Å². The molecule has 0 bridgehead atoms. The summed E-state index contributed by atoms with van der Waals surface area (Å²) in [6, 6.07) is 9.56. The van der Waals surface area contributed by atoms with E-state index in [0.29, 0.717) is 30.7 Å².